The molecule has 39 heavy (non-hydrogen) atoms. The van der Waals surface area contributed by atoms with Crippen LogP contribution < -0.4 is 14.8 Å². The van der Waals surface area contributed by atoms with E-state index in [1.54, 1.807) is 6.20 Å². The van der Waals surface area contributed by atoms with Gasteiger partial charge >= 0.3 is 6.36 Å². The number of nitriles is 1. The molecule has 1 atom stereocenters. The van der Waals surface area contributed by atoms with Gasteiger partial charge in [-0.15, -0.1) is 13.2 Å². The average Bonchev–Trinajstić information content (AvgIpc) is 3.31. The summed E-state index contributed by atoms with van der Waals surface area (Å²) >= 11 is 0. The Morgan fingerprint density at radius 1 is 1.08 bits per heavy atom. The first-order chi connectivity index (χ1) is 18.5. The normalized spacial score (nSPS) is 12.6. The van der Waals surface area contributed by atoms with Gasteiger partial charge in [0.2, 0.25) is 10.0 Å². The summed E-state index contributed by atoms with van der Waals surface area (Å²) in [7, 11) is -2.42. The average molecular weight is 557 g/mol. The number of halogens is 3. The second-order valence-corrected chi connectivity index (χ2v) is 10.5. The van der Waals surface area contributed by atoms with Gasteiger partial charge in [0.05, 0.1) is 22.9 Å². The van der Waals surface area contributed by atoms with Crippen LogP contribution >= 0.6 is 0 Å². The minimum absolute atomic E-state index is 0.000340. The predicted octanol–water partition coefficient (Wildman–Crippen LogP) is 4.90. The number of nitrogens with one attached hydrogen (secondary N) is 3. The number of amides is 1. The maximum absolute atomic E-state index is 13.3. The van der Waals surface area contributed by atoms with Gasteiger partial charge in [-0.2, -0.15) is 5.26 Å². The van der Waals surface area contributed by atoms with E-state index in [1.807, 2.05) is 30.3 Å². The second kappa shape index (κ2) is 11.2. The molecule has 0 saturated carbocycles. The number of hydrogen-bond acceptors (Lipinski definition) is 5. The lowest BCUT2D eigenvalue weighted by Crippen LogP contribution is -2.36. The van der Waals surface area contributed by atoms with Crippen LogP contribution in [0.25, 0.3) is 22.0 Å². The standard InChI is InChI=1S/C27H23F3N4O4S/c1-32-39(36,37)21-9-6-17(7-10-21)18-8-11-25(38-27(28,29)30)23(15-18)26(35)34-20(12-13-31)14-19-16-33-24-5-3-2-4-22(19)24/h2-11,15-16,20,32-33H,12,14H2,1H3,(H,34,35). The number of H-pyrrole nitrogens is 1. The Bertz CT molecular complexity index is 1640. The van der Waals surface area contributed by atoms with Crippen molar-refractivity contribution >= 4 is 26.8 Å². The predicted molar refractivity (Wildman–Crippen MR) is 138 cm³/mol. The Morgan fingerprint density at radius 2 is 1.77 bits per heavy atom. The molecule has 3 N–H and O–H groups in total. The van der Waals surface area contributed by atoms with Gasteiger partial charge < -0.3 is 15.0 Å². The molecule has 0 fully saturated rings. The number of para-hydroxylation sites is 1. The highest BCUT2D eigenvalue weighted by molar-refractivity contribution is 7.89. The molecule has 1 aromatic heterocycles. The molecule has 8 nitrogen and oxygen atoms in total. The van der Waals surface area contributed by atoms with Crippen molar-refractivity contribution < 1.29 is 31.1 Å². The maximum Gasteiger partial charge on any atom is 0.573 e. The number of aromatic amines is 1. The number of ether oxygens (including phenoxy) is 1. The highest BCUT2D eigenvalue weighted by atomic mass is 32.2. The molecule has 0 aliphatic carbocycles. The van der Waals surface area contributed by atoms with E-state index < -0.39 is 39.6 Å². The van der Waals surface area contributed by atoms with Crippen molar-refractivity contribution in [3.05, 3.63) is 84.1 Å². The molecule has 0 saturated heterocycles. The number of carbonyl (C=O) groups is 1. The lowest BCUT2D eigenvalue weighted by molar-refractivity contribution is -0.274. The van der Waals surface area contributed by atoms with Gasteiger partial charge in [0.25, 0.3) is 5.91 Å². The van der Waals surface area contributed by atoms with E-state index in [0.717, 1.165) is 22.5 Å². The minimum atomic E-state index is -5.05. The Hall–Kier alpha value is -4.34. The van der Waals surface area contributed by atoms with Crippen LogP contribution in [-0.4, -0.2) is 38.8 Å². The summed E-state index contributed by atoms with van der Waals surface area (Å²) in [5, 5.41) is 12.9. The van der Waals surface area contributed by atoms with E-state index in [2.05, 4.69) is 19.8 Å². The number of nitrogens with zero attached hydrogens (tertiary/aromatic N) is 1. The third kappa shape index (κ3) is 6.57. The number of carbonyl (C=O) groups excluding carboxylic acids is 1. The van der Waals surface area contributed by atoms with Gasteiger partial charge in [0.1, 0.15) is 5.75 Å². The third-order valence-corrected chi connectivity index (χ3v) is 7.46. The number of rotatable bonds is 9. The van der Waals surface area contributed by atoms with Crippen molar-refractivity contribution in [2.45, 2.75) is 30.1 Å². The minimum Gasteiger partial charge on any atom is -0.405 e. The lowest BCUT2D eigenvalue weighted by atomic mass is 10.00. The van der Waals surface area contributed by atoms with E-state index in [-0.39, 0.29) is 17.7 Å². The van der Waals surface area contributed by atoms with Crippen LogP contribution in [-0.2, 0) is 16.4 Å². The number of alkyl halides is 3. The molecule has 0 aliphatic rings. The molecule has 0 aliphatic heterocycles. The first-order valence-electron chi connectivity index (χ1n) is 11.7. The quantitative estimate of drug-likeness (QED) is 0.271. The van der Waals surface area contributed by atoms with Crippen LogP contribution in [0, 0.1) is 11.3 Å². The van der Waals surface area contributed by atoms with Crippen LogP contribution in [0.1, 0.15) is 22.3 Å². The van der Waals surface area contributed by atoms with Gasteiger partial charge in [-0.05, 0) is 60.5 Å². The van der Waals surface area contributed by atoms with Crippen molar-refractivity contribution in [2.75, 3.05) is 7.05 Å². The number of sulfonamides is 1. The fraction of sp³-hybridized carbons (Fsp3) is 0.185. The zero-order chi connectivity index (χ0) is 28.2. The first-order valence-corrected chi connectivity index (χ1v) is 13.2. The third-order valence-electron chi connectivity index (χ3n) is 6.03. The number of aromatic nitrogens is 1. The van der Waals surface area contributed by atoms with Crippen LogP contribution in [0.3, 0.4) is 0 Å². The monoisotopic (exact) mass is 556 g/mol. The number of hydrogen-bond donors (Lipinski definition) is 3. The van der Waals surface area contributed by atoms with Gasteiger partial charge in [-0.3, -0.25) is 4.79 Å². The maximum atomic E-state index is 13.3. The molecule has 0 bridgehead atoms. The van der Waals surface area contributed by atoms with E-state index >= 15 is 0 Å². The Kier molecular flexibility index (Phi) is 7.94. The molecule has 12 heteroatoms. The molecule has 4 rings (SSSR count). The number of benzene rings is 3. The zero-order valence-electron chi connectivity index (χ0n) is 20.5. The fourth-order valence-corrected chi connectivity index (χ4v) is 4.89. The highest BCUT2D eigenvalue weighted by Gasteiger charge is 2.33. The summed E-state index contributed by atoms with van der Waals surface area (Å²) in [6.45, 7) is 0. The zero-order valence-corrected chi connectivity index (χ0v) is 21.4. The lowest BCUT2D eigenvalue weighted by Gasteiger charge is -2.19. The van der Waals surface area contributed by atoms with Crippen LogP contribution in [0.15, 0.2) is 77.8 Å². The summed E-state index contributed by atoms with van der Waals surface area (Å²) in [5.74, 6) is -1.56. The van der Waals surface area contributed by atoms with Crippen LogP contribution in [0.5, 0.6) is 5.75 Å². The van der Waals surface area contributed by atoms with E-state index in [0.29, 0.717) is 11.1 Å². The molecule has 0 radical (unpaired) electrons. The Labute approximate surface area is 222 Å². The van der Waals surface area contributed by atoms with E-state index in [4.69, 9.17) is 0 Å². The van der Waals surface area contributed by atoms with E-state index in [1.165, 1.54) is 43.4 Å². The second-order valence-electron chi connectivity index (χ2n) is 8.59. The molecule has 0 spiro atoms. The summed E-state index contributed by atoms with van der Waals surface area (Å²) in [6.07, 6.45) is -3.10. The SMILES string of the molecule is CNS(=O)(=O)c1ccc(-c2ccc(OC(F)(F)F)c(C(=O)NC(CC#N)Cc3c[nH]c4ccccc34)c2)cc1. The topological polar surface area (TPSA) is 124 Å². The Morgan fingerprint density at radius 3 is 2.44 bits per heavy atom. The smallest absolute Gasteiger partial charge is 0.405 e. The number of fused-ring (bicyclic) bond motifs is 1. The highest BCUT2D eigenvalue weighted by Crippen LogP contribution is 2.31. The van der Waals surface area contributed by atoms with Gasteiger partial charge in [-0.1, -0.05) is 36.4 Å². The van der Waals surface area contributed by atoms with Gasteiger partial charge in [0.15, 0.2) is 0 Å². The van der Waals surface area contributed by atoms with Crippen molar-refractivity contribution in [2.24, 2.45) is 0 Å². The van der Waals surface area contributed by atoms with Crippen molar-refractivity contribution in [1.29, 1.82) is 5.26 Å². The molecule has 1 unspecified atom stereocenters. The van der Waals surface area contributed by atoms with E-state index in [9.17, 15) is 31.6 Å². The van der Waals surface area contributed by atoms with Crippen LogP contribution in [0.2, 0.25) is 0 Å². The molecule has 1 heterocycles. The molecule has 4 aromatic rings. The molecule has 202 valence electrons. The Balaban J connectivity index is 1.65. The largest absolute Gasteiger partial charge is 0.573 e. The fourth-order valence-electron chi connectivity index (χ4n) is 4.16. The van der Waals surface area contributed by atoms with Gasteiger partial charge in [0, 0.05) is 23.1 Å². The summed E-state index contributed by atoms with van der Waals surface area (Å²) in [4.78, 5) is 16.4. The molecule has 1 amide bonds. The molecule has 3 aromatic carbocycles. The van der Waals surface area contributed by atoms with Crippen LogP contribution in [0.4, 0.5) is 13.2 Å². The summed E-state index contributed by atoms with van der Waals surface area (Å²) in [5.41, 5.74) is 2.14. The first kappa shape index (κ1) is 27.7. The summed E-state index contributed by atoms with van der Waals surface area (Å²) in [6, 6.07) is 18.0. The molecular formula is C27H23F3N4O4S. The molecular weight excluding hydrogens is 533 g/mol. The summed E-state index contributed by atoms with van der Waals surface area (Å²) < 4.78 is 69.7. The van der Waals surface area contributed by atoms with Gasteiger partial charge in [-0.25, -0.2) is 13.1 Å². The van der Waals surface area contributed by atoms with Crippen molar-refractivity contribution in [3.8, 4) is 22.9 Å². The van der Waals surface area contributed by atoms with Crippen molar-refractivity contribution in [1.82, 2.24) is 15.0 Å². The van der Waals surface area contributed by atoms with Crippen molar-refractivity contribution in [3.63, 3.8) is 0 Å².